The molecule has 118 valence electrons. The highest BCUT2D eigenvalue weighted by atomic mass is 16.5. The topological polar surface area (TPSA) is 68.5 Å². The van der Waals surface area contributed by atoms with E-state index in [9.17, 15) is 9.59 Å². The molecular formula is C16H25NO4. The number of hydrogen-bond donors (Lipinski definition) is 1. The lowest BCUT2D eigenvalue weighted by atomic mass is 10.1. The van der Waals surface area contributed by atoms with E-state index in [1.807, 2.05) is 0 Å². The van der Waals surface area contributed by atoms with E-state index in [4.69, 9.17) is 9.15 Å². The van der Waals surface area contributed by atoms with Crippen LogP contribution in [0.5, 0.6) is 0 Å². The predicted molar refractivity (Wildman–Crippen MR) is 80.0 cm³/mol. The number of hydrogen-bond acceptors (Lipinski definition) is 4. The van der Waals surface area contributed by atoms with Crippen molar-refractivity contribution in [3.05, 3.63) is 24.2 Å². The van der Waals surface area contributed by atoms with E-state index in [0.29, 0.717) is 6.61 Å². The molecule has 0 fully saturated rings. The maximum Gasteiger partial charge on any atom is 0.328 e. The lowest BCUT2D eigenvalue weighted by Gasteiger charge is -2.12. The van der Waals surface area contributed by atoms with Gasteiger partial charge in [0.15, 0.2) is 5.76 Å². The Labute approximate surface area is 126 Å². The van der Waals surface area contributed by atoms with Gasteiger partial charge in [0.05, 0.1) is 12.9 Å². The molecule has 1 heterocycles. The second-order valence-corrected chi connectivity index (χ2v) is 5.11. The largest absolute Gasteiger partial charge is 0.464 e. The van der Waals surface area contributed by atoms with Crippen molar-refractivity contribution in [2.45, 2.75) is 58.4 Å². The smallest absolute Gasteiger partial charge is 0.328 e. The number of ether oxygens (including phenoxy) is 1. The molecule has 0 bridgehead atoms. The fourth-order valence-corrected chi connectivity index (χ4v) is 1.91. The quantitative estimate of drug-likeness (QED) is 0.531. The third-order valence-corrected chi connectivity index (χ3v) is 3.19. The van der Waals surface area contributed by atoms with Crippen molar-refractivity contribution in [1.82, 2.24) is 5.32 Å². The van der Waals surface area contributed by atoms with Crippen LogP contribution < -0.4 is 5.32 Å². The maximum atomic E-state index is 11.7. The number of nitrogens with one attached hydrogen (secondary N) is 1. The van der Waals surface area contributed by atoms with Gasteiger partial charge in [-0.25, -0.2) is 4.79 Å². The van der Waals surface area contributed by atoms with Gasteiger partial charge in [-0.2, -0.15) is 0 Å². The first-order valence-corrected chi connectivity index (χ1v) is 7.66. The summed E-state index contributed by atoms with van der Waals surface area (Å²) in [7, 11) is 0. The van der Waals surface area contributed by atoms with Crippen molar-refractivity contribution in [3.63, 3.8) is 0 Å². The van der Waals surface area contributed by atoms with E-state index >= 15 is 0 Å². The van der Waals surface area contributed by atoms with Gasteiger partial charge in [-0.1, -0.05) is 39.0 Å². The van der Waals surface area contributed by atoms with E-state index in [0.717, 1.165) is 12.8 Å². The Morgan fingerprint density at radius 3 is 2.62 bits per heavy atom. The summed E-state index contributed by atoms with van der Waals surface area (Å²) in [4.78, 5) is 23.4. The molecule has 0 saturated carbocycles. The Kier molecular flexibility index (Phi) is 8.24. The predicted octanol–water partition coefficient (Wildman–Crippen LogP) is 3.30. The molecule has 0 aromatic carbocycles. The summed E-state index contributed by atoms with van der Waals surface area (Å²) in [6, 6.07) is 2.49. The van der Waals surface area contributed by atoms with Gasteiger partial charge >= 0.3 is 5.97 Å². The molecule has 1 aromatic rings. The molecule has 0 aliphatic carbocycles. The second-order valence-electron chi connectivity index (χ2n) is 5.11. The van der Waals surface area contributed by atoms with Gasteiger partial charge in [-0.3, -0.25) is 4.79 Å². The maximum absolute atomic E-state index is 11.7. The average molecular weight is 295 g/mol. The van der Waals surface area contributed by atoms with Crippen LogP contribution in [-0.2, 0) is 9.53 Å². The van der Waals surface area contributed by atoms with E-state index < -0.39 is 17.9 Å². The lowest BCUT2D eigenvalue weighted by Crippen LogP contribution is -2.39. The minimum Gasteiger partial charge on any atom is -0.464 e. The summed E-state index contributed by atoms with van der Waals surface area (Å²) < 4.78 is 10.1. The second kappa shape index (κ2) is 10.0. The fourth-order valence-electron chi connectivity index (χ4n) is 1.91. The molecule has 5 heteroatoms. The summed E-state index contributed by atoms with van der Waals surface area (Å²) in [5.74, 6) is -0.641. The van der Waals surface area contributed by atoms with Crippen LogP contribution in [0.1, 0.15) is 62.9 Å². The Morgan fingerprint density at radius 2 is 1.95 bits per heavy atom. The molecule has 0 aliphatic rings. The fraction of sp³-hybridized carbons (Fsp3) is 0.625. The zero-order chi connectivity index (χ0) is 15.5. The Bertz CT molecular complexity index is 414. The number of esters is 1. The van der Waals surface area contributed by atoms with Crippen LogP contribution in [0, 0.1) is 0 Å². The SMILES string of the molecule is CCCCCCCCOC(=O)C(C)NC(=O)c1ccco1. The Hall–Kier alpha value is -1.78. The molecule has 1 amide bonds. The molecule has 5 nitrogen and oxygen atoms in total. The van der Waals surface area contributed by atoms with Gasteiger partial charge in [-0.15, -0.1) is 0 Å². The minimum atomic E-state index is -0.678. The van der Waals surface area contributed by atoms with Crippen LogP contribution in [0.15, 0.2) is 22.8 Å². The van der Waals surface area contributed by atoms with Crippen molar-refractivity contribution in [2.75, 3.05) is 6.61 Å². The van der Waals surface area contributed by atoms with Gasteiger partial charge in [-0.05, 0) is 25.5 Å². The first-order chi connectivity index (χ1) is 10.1. The molecule has 1 atom stereocenters. The van der Waals surface area contributed by atoms with Crippen molar-refractivity contribution >= 4 is 11.9 Å². The van der Waals surface area contributed by atoms with E-state index in [1.54, 1.807) is 19.1 Å². The Morgan fingerprint density at radius 1 is 1.24 bits per heavy atom. The highest BCUT2D eigenvalue weighted by Gasteiger charge is 2.18. The summed E-state index contributed by atoms with van der Waals surface area (Å²) in [6.45, 7) is 4.19. The Balaban J connectivity index is 2.12. The van der Waals surface area contributed by atoms with Crippen LogP contribution in [0.3, 0.4) is 0 Å². The molecule has 0 radical (unpaired) electrons. The monoisotopic (exact) mass is 295 g/mol. The molecule has 21 heavy (non-hydrogen) atoms. The number of carbonyl (C=O) groups is 2. The summed E-state index contributed by atoms with van der Waals surface area (Å²) >= 11 is 0. The van der Waals surface area contributed by atoms with Crippen LogP contribution in [0.4, 0.5) is 0 Å². The van der Waals surface area contributed by atoms with Crippen molar-refractivity contribution in [3.8, 4) is 0 Å². The molecule has 0 aliphatic heterocycles. The van der Waals surface area contributed by atoms with Crippen LogP contribution >= 0.6 is 0 Å². The summed E-state index contributed by atoms with van der Waals surface area (Å²) in [6.07, 6.45) is 8.25. The summed E-state index contributed by atoms with van der Waals surface area (Å²) in [5, 5.41) is 2.54. The zero-order valence-electron chi connectivity index (χ0n) is 12.9. The molecule has 1 rings (SSSR count). The number of carbonyl (C=O) groups excluding carboxylic acids is 2. The van der Waals surface area contributed by atoms with E-state index in [2.05, 4.69) is 12.2 Å². The molecule has 1 unspecified atom stereocenters. The van der Waals surface area contributed by atoms with Gasteiger partial charge < -0.3 is 14.5 Å². The normalized spacial score (nSPS) is 11.9. The molecule has 0 spiro atoms. The number of rotatable bonds is 10. The first kappa shape index (κ1) is 17.3. The van der Waals surface area contributed by atoms with Crippen LogP contribution in [0.25, 0.3) is 0 Å². The number of furan rings is 1. The van der Waals surface area contributed by atoms with Crippen LogP contribution in [0.2, 0.25) is 0 Å². The van der Waals surface area contributed by atoms with Gasteiger partial charge in [0.1, 0.15) is 6.04 Å². The third-order valence-electron chi connectivity index (χ3n) is 3.19. The van der Waals surface area contributed by atoms with Crippen molar-refractivity contribution < 1.29 is 18.7 Å². The van der Waals surface area contributed by atoms with Gasteiger partial charge in [0.25, 0.3) is 5.91 Å². The van der Waals surface area contributed by atoms with Crippen molar-refractivity contribution in [2.24, 2.45) is 0 Å². The van der Waals surface area contributed by atoms with Crippen LogP contribution in [-0.4, -0.2) is 24.5 Å². The highest BCUT2D eigenvalue weighted by molar-refractivity contribution is 5.94. The van der Waals surface area contributed by atoms with E-state index in [-0.39, 0.29) is 5.76 Å². The number of unbranched alkanes of at least 4 members (excludes halogenated alkanes) is 5. The highest BCUT2D eigenvalue weighted by Crippen LogP contribution is 2.05. The lowest BCUT2D eigenvalue weighted by molar-refractivity contribution is -0.145. The van der Waals surface area contributed by atoms with Crippen molar-refractivity contribution in [1.29, 1.82) is 0 Å². The van der Waals surface area contributed by atoms with Gasteiger partial charge in [0, 0.05) is 0 Å². The minimum absolute atomic E-state index is 0.186. The standard InChI is InChI=1S/C16H25NO4/c1-3-4-5-6-7-8-11-21-16(19)13(2)17-15(18)14-10-9-12-20-14/h9-10,12-13H,3-8,11H2,1-2H3,(H,17,18). The molecule has 1 aromatic heterocycles. The van der Waals surface area contributed by atoms with Gasteiger partial charge in [0.2, 0.25) is 0 Å². The zero-order valence-corrected chi connectivity index (χ0v) is 12.9. The average Bonchev–Trinajstić information content (AvgIpc) is 3.00. The summed E-state index contributed by atoms with van der Waals surface area (Å²) in [5.41, 5.74) is 0. The molecular weight excluding hydrogens is 270 g/mol. The van der Waals surface area contributed by atoms with E-state index in [1.165, 1.54) is 31.9 Å². The molecule has 1 N–H and O–H groups in total. The third kappa shape index (κ3) is 6.97. The number of amides is 1. The first-order valence-electron chi connectivity index (χ1n) is 7.66. The molecule has 0 saturated heterocycles.